The lowest BCUT2D eigenvalue weighted by atomic mass is 10.2. The van der Waals surface area contributed by atoms with Gasteiger partial charge in [0.1, 0.15) is 0 Å². The highest BCUT2D eigenvalue weighted by molar-refractivity contribution is 4.79. The Labute approximate surface area is 49.0 Å². The van der Waals surface area contributed by atoms with Crippen LogP contribution in [0.4, 0.5) is 0 Å². The number of aliphatic hydroxyl groups excluding tert-OH is 1. The summed E-state index contributed by atoms with van der Waals surface area (Å²) in [6, 6.07) is 0. The number of hydrogen-bond donors (Lipinski definition) is 3. The van der Waals surface area contributed by atoms with E-state index in [4.69, 9.17) is 16.6 Å². The first-order valence-electron chi connectivity index (χ1n) is 2.56. The van der Waals surface area contributed by atoms with Crippen LogP contribution in [0.25, 0.3) is 0 Å². The van der Waals surface area contributed by atoms with Crippen molar-refractivity contribution in [2.75, 3.05) is 6.54 Å². The quantitative estimate of drug-likeness (QED) is 0.450. The normalized spacial score (nSPS) is 14.8. The second-order valence-corrected chi connectivity index (χ2v) is 1.55. The number of hydrogen-bond acceptors (Lipinski definition) is 3. The van der Waals surface area contributed by atoms with Gasteiger partial charge in [-0.25, -0.2) is 0 Å². The van der Waals surface area contributed by atoms with Gasteiger partial charge in [0.2, 0.25) is 0 Å². The van der Waals surface area contributed by atoms with E-state index in [9.17, 15) is 0 Å². The molecule has 1 unspecified atom stereocenters. The van der Waals surface area contributed by atoms with Crippen molar-refractivity contribution in [2.24, 2.45) is 11.5 Å². The van der Waals surface area contributed by atoms with Crippen LogP contribution in [0.2, 0.25) is 0 Å². The molecular formula is C5H12N2O. The van der Waals surface area contributed by atoms with E-state index >= 15 is 0 Å². The first kappa shape index (κ1) is 7.46. The monoisotopic (exact) mass is 116 g/mol. The Kier molecular flexibility index (Phi) is 4.30. The Morgan fingerprint density at radius 2 is 2.25 bits per heavy atom. The van der Waals surface area contributed by atoms with Crippen LogP contribution < -0.4 is 11.5 Å². The molecule has 3 heteroatoms. The van der Waals surface area contributed by atoms with E-state index in [1.807, 2.05) is 0 Å². The fourth-order valence-corrected chi connectivity index (χ4v) is 0.332. The smallest absolute Gasteiger partial charge is 0.0697 e. The summed E-state index contributed by atoms with van der Waals surface area (Å²) in [6.45, 7) is 0.296. The highest BCUT2D eigenvalue weighted by Crippen LogP contribution is 1.87. The van der Waals surface area contributed by atoms with E-state index in [0.717, 1.165) is 0 Å². The Hall–Kier alpha value is -0.540. The van der Waals surface area contributed by atoms with Gasteiger partial charge in [0.05, 0.1) is 6.10 Å². The summed E-state index contributed by atoms with van der Waals surface area (Å²) in [5.74, 6) is 0. The largest absolute Gasteiger partial charge is 0.405 e. The first-order valence-corrected chi connectivity index (χ1v) is 2.56. The molecule has 5 N–H and O–H groups in total. The minimum atomic E-state index is -0.435. The Bertz CT molecular complexity index is 72.8. The van der Waals surface area contributed by atoms with Gasteiger partial charge in [-0.05, 0) is 12.6 Å². The predicted octanol–water partition coefficient (Wildman–Crippen LogP) is -0.832. The highest BCUT2D eigenvalue weighted by atomic mass is 16.3. The van der Waals surface area contributed by atoms with E-state index in [1.165, 1.54) is 6.20 Å². The van der Waals surface area contributed by atoms with Gasteiger partial charge >= 0.3 is 0 Å². The van der Waals surface area contributed by atoms with Crippen molar-refractivity contribution in [1.29, 1.82) is 0 Å². The lowest BCUT2D eigenvalue weighted by Gasteiger charge is -2.00. The molecule has 0 aliphatic heterocycles. The maximum absolute atomic E-state index is 8.76. The molecule has 0 saturated carbocycles. The third-order valence-electron chi connectivity index (χ3n) is 0.816. The molecule has 0 aromatic rings. The molecule has 8 heavy (non-hydrogen) atoms. The zero-order chi connectivity index (χ0) is 6.41. The van der Waals surface area contributed by atoms with Crippen molar-refractivity contribution >= 4 is 0 Å². The average Bonchev–Trinajstić information content (AvgIpc) is 1.83. The second-order valence-electron chi connectivity index (χ2n) is 1.55. The van der Waals surface area contributed by atoms with Crippen molar-refractivity contribution in [2.45, 2.75) is 12.5 Å². The summed E-state index contributed by atoms with van der Waals surface area (Å²) in [6.07, 6.45) is 3.19. The van der Waals surface area contributed by atoms with Gasteiger partial charge in [0, 0.05) is 6.54 Å². The van der Waals surface area contributed by atoms with Gasteiger partial charge in [0.25, 0.3) is 0 Å². The molecule has 0 aromatic carbocycles. The molecule has 0 amide bonds. The molecule has 0 spiro atoms. The molecular weight excluding hydrogens is 104 g/mol. The Morgan fingerprint density at radius 1 is 1.62 bits per heavy atom. The van der Waals surface area contributed by atoms with Gasteiger partial charge in [-0.3, -0.25) is 0 Å². The van der Waals surface area contributed by atoms with Crippen molar-refractivity contribution in [3.05, 3.63) is 12.3 Å². The van der Waals surface area contributed by atoms with Gasteiger partial charge in [-0.2, -0.15) is 0 Å². The zero-order valence-corrected chi connectivity index (χ0v) is 4.75. The first-order chi connectivity index (χ1) is 3.81. The van der Waals surface area contributed by atoms with Gasteiger partial charge in [-0.1, -0.05) is 6.08 Å². The third kappa shape index (κ3) is 3.64. The van der Waals surface area contributed by atoms with Crippen LogP contribution in [-0.2, 0) is 0 Å². The van der Waals surface area contributed by atoms with E-state index in [-0.39, 0.29) is 0 Å². The molecule has 1 atom stereocenters. The van der Waals surface area contributed by atoms with Gasteiger partial charge in [-0.15, -0.1) is 0 Å². The van der Waals surface area contributed by atoms with E-state index in [1.54, 1.807) is 6.08 Å². The molecule has 3 nitrogen and oxygen atoms in total. The standard InChI is InChI=1S/C5H12N2O/c6-3-1-2-5(8)4-7/h1,3,5,8H,2,4,6-7H2. The number of aliphatic hydroxyl groups is 1. The molecule has 0 aliphatic rings. The van der Waals surface area contributed by atoms with Crippen LogP contribution in [-0.4, -0.2) is 17.8 Å². The van der Waals surface area contributed by atoms with Crippen LogP contribution in [0.1, 0.15) is 6.42 Å². The average molecular weight is 116 g/mol. The fraction of sp³-hybridized carbons (Fsp3) is 0.600. The van der Waals surface area contributed by atoms with Crippen molar-refractivity contribution in [1.82, 2.24) is 0 Å². The molecule has 0 heterocycles. The summed E-state index contributed by atoms with van der Waals surface area (Å²) in [5.41, 5.74) is 10.1. The van der Waals surface area contributed by atoms with E-state index in [0.29, 0.717) is 13.0 Å². The molecule has 0 radical (unpaired) electrons. The maximum Gasteiger partial charge on any atom is 0.0697 e. The summed E-state index contributed by atoms with van der Waals surface area (Å²) in [4.78, 5) is 0. The van der Waals surface area contributed by atoms with E-state index < -0.39 is 6.10 Å². The summed E-state index contributed by atoms with van der Waals surface area (Å²) in [5, 5.41) is 8.76. The minimum absolute atomic E-state index is 0.296. The summed E-state index contributed by atoms with van der Waals surface area (Å²) in [7, 11) is 0. The van der Waals surface area contributed by atoms with Gasteiger partial charge < -0.3 is 16.6 Å². The van der Waals surface area contributed by atoms with Crippen LogP contribution in [0.15, 0.2) is 12.3 Å². The van der Waals surface area contributed by atoms with Crippen LogP contribution in [0, 0.1) is 0 Å². The molecule has 0 aromatic heterocycles. The highest BCUT2D eigenvalue weighted by Gasteiger charge is 1.93. The summed E-state index contributed by atoms with van der Waals surface area (Å²) >= 11 is 0. The molecule has 0 aliphatic carbocycles. The molecule has 48 valence electrons. The van der Waals surface area contributed by atoms with Crippen LogP contribution in [0.3, 0.4) is 0 Å². The van der Waals surface area contributed by atoms with Crippen molar-refractivity contribution in [3.63, 3.8) is 0 Å². The lowest BCUT2D eigenvalue weighted by Crippen LogP contribution is -2.18. The second kappa shape index (κ2) is 4.61. The van der Waals surface area contributed by atoms with Crippen LogP contribution in [0.5, 0.6) is 0 Å². The molecule has 0 rings (SSSR count). The number of rotatable bonds is 3. The summed E-state index contributed by atoms with van der Waals surface area (Å²) < 4.78 is 0. The Balaban J connectivity index is 3.10. The fourth-order valence-electron chi connectivity index (χ4n) is 0.332. The SMILES string of the molecule is NC=CCC(O)CN. The minimum Gasteiger partial charge on any atom is -0.405 e. The molecule has 0 bridgehead atoms. The molecule has 0 saturated heterocycles. The van der Waals surface area contributed by atoms with Crippen molar-refractivity contribution < 1.29 is 5.11 Å². The van der Waals surface area contributed by atoms with Crippen molar-refractivity contribution in [3.8, 4) is 0 Å². The Morgan fingerprint density at radius 3 is 2.62 bits per heavy atom. The third-order valence-corrected chi connectivity index (χ3v) is 0.816. The maximum atomic E-state index is 8.76. The van der Waals surface area contributed by atoms with Crippen LogP contribution >= 0.6 is 0 Å². The van der Waals surface area contributed by atoms with Gasteiger partial charge in [0.15, 0.2) is 0 Å². The zero-order valence-electron chi connectivity index (χ0n) is 4.75. The molecule has 0 fully saturated rings. The lowest BCUT2D eigenvalue weighted by molar-refractivity contribution is 0.186. The number of nitrogens with two attached hydrogens (primary N) is 2. The topological polar surface area (TPSA) is 72.3 Å². The predicted molar refractivity (Wildman–Crippen MR) is 33.0 cm³/mol. The van der Waals surface area contributed by atoms with E-state index in [2.05, 4.69) is 0 Å².